The second-order valence-corrected chi connectivity index (χ2v) is 7.94. The van der Waals surface area contributed by atoms with Crippen molar-refractivity contribution in [3.63, 3.8) is 0 Å². The monoisotopic (exact) mass is 434 g/mol. The van der Waals surface area contributed by atoms with E-state index in [-0.39, 0.29) is 17.2 Å². The normalized spacial score (nSPS) is 15.6. The third-order valence-electron chi connectivity index (χ3n) is 5.02. The van der Waals surface area contributed by atoms with Crippen molar-refractivity contribution in [2.75, 3.05) is 30.2 Å². The zero-order valence-corrected chi connectivity index (χ0v) is 18.0. The predicted molar refractivity (Wildman–Crippen MR) is 123 cm³/mol. The van der Waals surface area contributed by atoms with Crippen LogP contribution in [0.2, 0.25) is 0 Å². The van der Waals surface area contributed by atoms with E-state index in [1.165, 1.54) is 7.11 Å². The van der Waals surface area contributed by atoms with Crippen LogP contribution < -0.4 is 19.7 Å². The molecule has 0 radical (unpaired) electrons. The van der Waals surface area contributed by atoms with Gasteiger partial charge in [-0.3, -0.25) is 14.5 Å². The number of carbonyl (C=O) groups is 2. The molecule has 4 rings (SSSR count). The number of anilines is 2. The number of nitrogens with one attached hydrogen (secondary N) is 1. The number of para-hydroxylation sites is 3. The maximum Gasteiger partial charge on any atom is 0.259 e. The van der Waals surface area contributed by atoms with E-state index in [4.69, 9.17) is 9.47 Å². The van der Waals surface area contributed by atoms with Gasteiger partial charge in [-0.1, -0.05) is 36.4 Å². The Morgan fingerprint density at radius 2 is 1.58 bits per heavy atom. The van der Waals surface area contributed by atoms with Gasteiger partial charge in [-0.05, 0) is 42.0 Å². The van der Waals surface area contributed by atoms with E-state index < -0.39 is 0 Å². The number of amides is 2. The van der Waals surface area contributed by atoms with Gasteiger partial charge in [0.25, 0.3) is 5.91 Å². The highest BCUT2D eigenvalue weighted by Crippen LogP contribution is 2.44. The molecule has 3 aromatic rings. The van der Waals surface area contributed by atoms with Crippen molar-refractivity contribution < 1.29 is 19.1 Å². The van der Waals surface area contributed by atoms with Crippen LogP contribution in [0.25, 0.3) is 0 Å². The lowest BCUT2D eigenvalue weighted by atomic mass is 10.1. The maximum atomic E-state index is 12.6. The first-order valence-corrected chi connectivity index (χ1v) is 10.8. The fraction of sp³-hybridized carbons (Fsp3) is 0.167. The van der Waals surface area contributed by atoms with Gasteiger partial charge in [0.05, 0.1) is 31.2 Å². The molecule has 1 N–H and O–H groups in total. The van der Waals surface area contributed by atoms with Crippen molar-refractivity contribution in [1.82, 2.24) is 0 Å². The third kappa shape index (κ3) is 4.22. The van der Waals surface area contributed by atoms with Crippen LogP contribution in [0.1, 0.15) is 21.3 Å². The van der Waals surface area contributed by atoms with Gasteiger partial charge in [0, 0.05) is 5.69 Å². The lowest BCUT2D eigenvalue weighted by molar-refractivity contribution is -0.115. The molecule has 158 valence electrons. The lowest BCUT2D eigenvalue weighted by Crippen LogP contribution is -2.28. The molecule has 1 saturated heterocycles. The third-order valence-corrected chi connectivity index (χ3v) is 6.23. The minimum absolute atomic E-state index is 0.0352. The van der Waals surface area contributed by atoms with Gasteiger partial charge in [0.15, 0.2) is 0 Å². The van der Waals surface area contributed by atoms with Crippen molar-refractivity contribution in [3.05, 3.63) is 83.9 Å². The summed E-state index contributed by atoms with van der Waals surface area (Å²) in [5, 5.41) is 2.73. The minimum atomic E-state index is -0.244. The van der Waals surface area contributed by atoms with Crippen LogP contribution in [-0.4, -0.2) is 31.8 Å². The first kappa shape index (κ1) is 20.8. The number of hydrogen-bond donors (Lipinski definition) is 1. The maximum absolute atomic E-state index is 12.6. The van der Waals surface area contributed by atoms with Gasteiger partial charge in [-0.15, -0.1) is 11.8 Å². The first-order valence-electron chi connectivity index (χ1n) is 9.73. The molecule has 1 atom stereocenters. The second kappa shape index (κ2) is 9.14. The van der Waals surface area contributed by atoms with Crippen LogP contribution in [0.3, 0.4) is 0 Å². The van der Waals surface area contributed by atoms with Crippen LogP contribution in [0.4, 0.5) is 11.4 Å². The Morgan fingerprint density at radius 1 is 0.935 bits per heavy atom. The summed E-state index contributed by atoms with van der Waals surface area (Å²) in [6.07, 6.45) is 0. The first-order chi connectivity index (χ1) is 15.1. The Hall–Kier alpha value is -3.45. The average molecular weight is 435 g/mol. The van der Waals surface area contributed by atoms with Crippen molar-refractivity contribution in [2.45, 2.75) is 5.37 Å². The van der Waals surface area contributed by atoms with Gasteiger partial charge in [0.2, 0.25) is 5.91 Å². The Balaban J connectivity index is 1.55. The molecule has 1 unspecified atom stereocenters. The van der Waals surface area contributed by atoms with Crippen molar-refractivity contribution in [2.24, 2.45) is 0 Å². The molecule has 1 aliphatic rings. The van der Waals surface area contributed by atoms with Crippen molar-refractivity contribution >= 4 is 35.0 Å². The van der Waals surface area contributed by atoms with Crippen LogP contribution >= 0.6 is 11.8 Å². The van der Waals surface area contributed by atoms with E-state index in [0.717, 1.165) is 11.3 Å². The highest BCUT2D eigenvalue weighted by atomic mass is 32.2. The molecule has 2 amide bonds. The molecule has 31 heavy (non-hydrogen) atoms. The number of hydrogen-bond acceptors (Lipinski definition) is 5. The molecule has 1 aliphatic heterocycles. The van der Waals surface area contributed by atoms with Gasteiger partial charge in [-0.25, -0.2) is 0 Å². The van der Waals surface area contributed by atoms with Crippen LogP contribution in [0.15, 0.2) is 72.8 Å². The summed E-state index contributed by atoms with van der Waals surface area (Å²) in [4.78, 5) is 27.0. The van der Waals surface area contributed by atoms with Crippen LogP contribution in [-0.2, 0) is 4.79 Å². The van der Waals surface area contributed by atoms with E-state index in [0.29, 0.717) is 28.5 Å². The lowest BCUT2D eigenvalue weighted by Gasteiger charge is -2.26. The number of nitrogens with zero attached hydrogens (tertiary/aromatic N) is 1. The zero-order chi connectivity index (χ0) is 21.8. The number of methoxy groups -OCH3 is 2. The van der Waals surface area contributed by atoms with E-state index in [2.05, 4.69) is 5.32 Å². The summed E-state index contributed by atoms with van der Waals surface area (Å²) in [6.45, 7) is 0. The number of ether oxygens (including phenoxy) is 2. The quantitative estimate of drug-likeness (QED) is 0.607. The minimum Gasteiger partial charge on any atom is -0.496 e. The van der Waals surface area contributed by atoms with E-state index in [1.54, 1.807) is 42.0 Å². The molecular weight excluding hydrogens is 412 g/mol. The summed E-state index contributed by atoms with van der Waals surface area (Å²) >= 11 is 1.56. The molecule has 0 saturated carbocycles. The van der Waals surface area contributed by atoms with E-state index >= 15 is 0 Å². The molecule has 3 aromatic carbocycles. The molecule has 6 nitrogen and oxygen atoms in total. The Labute approximate surface area is 185 Å². The van der Waals surface area contributed by atoms with Gasteiger partial charge >= 0.3 is 0 Å². The second-order valence-electron chi connectivity index (χ2n) is 6.88. The molecular formula is C24H22N2O4S. The zero-order valence-electron chi connectivity index (χ0n) is 17.2. The summed E-state index contributed by atoms with van der Waals surface area (Å²) < 4.78 is 10.7. The fourth-order valence-corrected chi connectivity index (χ4v) is 4.69. The SMILES string of the molecule is COc1ccccc1C(=O)Nc1ccc(C2SCC(=O)N2c2ccccc2OC)cc1. The summed E-state index contributed by atoms with van der Waals surface area (Å²) in [7, 11) is 3.13. The number of rotatable bonds is 6. The van der Waals surface area contributed by atoms with Gasteiger partial charge in [-0.2, -0.15) is 0 Å². The molecule has 1 heterocycles. The fourth-order valence-electron chi connectivity index (χ4n) is 3.52. The van der Waals surface area contributed by atoms with Gasteiger partial charge in [0.1, 0.15) is 16.9 Å². The highest BCUT2D eigenvalue weighted by Gasteiger charge is 2.35. The Morgan fingerprint density at radius 3 is 2.29 bits per heavy atom. The van der Waals surface area contributed by atoms with E-state index in [1.807, 2.05) is 54.6 Å². The Bertz CT molecular complexity index is 1100. The van der Waals surface area contributed by atoms with Crippen molar-refractivity contribution in [3.8, 4) is 11.5 Å². The number of thioether (sulfide) groups is 1. The molecule has 0 aliphatic carbocycles. The predicted octanol–water partition coefficient (Wildman–Crippen LogP) is 4.73. The molecule has 0 aromatic heterocycles. The number of benzene rings is 3. The van der Waals surface area contributed by atoms with E-state index in [9.17, 15) is 9.59 Å². The standard InChI is InChI=1S/C24H22N2O4S/c1-29-20-9-5-3-7-18(20)23(28)25-17-13-11-16(12-14-17)24-26(22(27)15-31-24)19-8-4-6-10-21(19)30-2/h3-14,24H,15H2,1-2H3,(H,25,28). The summed E-state index contributed by atoms with van der Waals surface area (Å²) in [6, 6.07) is 22.1. The van der Waals surface area contributed by atoms with Crippen molar-refractivity contribution in [1.29, 1.82) is 0 Å². The Kier molecular flexibility index (Phi) is 6.13. The van der Waals surface area contributed by atoms with Crippen LogP contribution in [0, 0.1) is 0 Å². The highest BCUT2D eigenvalue weighted by molar-refractivity contribution is 8.00. The molecule has 1 fully saturated rings. The molecule has 0 spiro atoms. The average Bonchev–Trinajstić information content (AvgIpc) is 3.20. The van der Waals surface area contributed by atoms with Crippen LogP contribution in [0.5, 0.6) is 11.5 Å². The molecule has 7 heteroatoms. The largest absolute Gasteiger partial charge is 0.496 e. The molecule has 0 bridgehead atoms. The smallest absolute Gasteiger partial charge is 0.259 e. The summed E-state index contributed by atoms with van der Waals surface area (Å²) in [5.41, 5.74) is 2.85. The number of carbonyl (C=O) groups excluding carboxylic acids is 2. The topological polar surface area (TPSA) is 67.9 Å². The summed E-state index contributed by atoms with van der Waals surface area (Å²) in [5.74, 6) is 1.36. The van der Waals surface area contributed by atoms with Gasteiger partial charge < -0.3 is 14.8 Å².